The lowest BCUT2D eigenvalue weighted by molar-refractivity contribution is -0.0679. The van der Waals surface area contributed by atoms with Crippen LogP contribution in [0.3, 0.4) is 0 Å². The van der Waals surface area contributed by atoms with Gasteiger partial charge in [0, 0.05) is 42.2 Å². The number of rotatable bonds is 7. The Morgan fingerprint density at radius 1 is 1.06 bits per heavy atom. The van der Waals surface area contributed by atoms with Gasteiger partial charge in [-0.1, -0.05) is 6.07 Å². The molecule has 1 aliphatic carbocycles. The molecule has 2 bridgehead atoms. The average molecular weight is 426 g/mol. The van der Waals surface area contributed by atoms with Gasteiger partial charge in [0.1, 0.15) is 11.5 Å². The molecule has 3 fully saturated rings. The summed E-state index contributed by atoms with van der Waals surface area (Å²) >= 11 is 0. The molecule has 2 aliphatic heterocycles. The first kappa shape index (κ1) is 20.5. The number of benzene rings is 1. The van der Waals surface area contributed by atoms with Crippen LogP contribution in [-0.2, 0) is 13.1 Å². The lowest BCUT2D eigenvalue weighted by Gasteiger charge is -2.44. The molecule has 1 aromatic heterocycles. The Kier molecular flexibility index (Phi) is 5.26. The number of methoxy groups -OCH3 is 2. The van der Waals surface area contributed by atoms with Gasteiger partial charge >= 0.3 is 0 Å². The van der Waals surface area contributed by atoms with E-state index in [2.05, 4.69) is 16.1 Å². The highest BCUT2D eigenvalue weighted by molar-refractivity contribution is 5.41. The number of ether oxygens (including phenoxy) is 2. The first-order valence-corrected chi connectivity index (χ1v) is 11.2. The summed E-state index contributed by atoms with van der Waals surface area (Å²) in [7, 11) is 3.34. The summed E-state index contributed by atoms with van der Waals surface area (Å²) in [5.41, 5.74) is 1.08. The Morgan fingerprint density at radius 3 is 2.45 bits per heavy atom. The van der Waals surface area contributed by atoms with Gasteiger partial charge in [-0.2, -0.15) is 5.10 Å². The minimum absolute atomic E-state index is 0.129. The molecule has 1 aromatic carbocycles. The lowest BCUT2D eigenvalue weighted by Crippen LogP contribution is -2.53. The first-order valence-electron chi connectivity index (χ1n) is 11.2. The summed E-state index contributed by atoms with van der Waals surface area (Å²) in [5, 5.41) is 16.0. The molecule has 3 aliphatic rings. The van der Waals surface area contributed by atoms with Crippen molar-refractivity contribution in [2.24, 2.45) is 0 Å². The maximum Gasteiger partial charge on any atom is 0.266 e. The first-order chi connectivity index (χ1) is 15.0. The summed E-state index contributed by atoms with van der Waals surface area (Å²) in [5.74, 6) is 2.09. The molecule has 5 rings (SSSR count). The van der Waals surface area contributed by atoms with Gasteiger partial charge in [-0.05, 0) is 50.7 Å². The van der Waals surface area contributed by atoms with E-state index in [4.69, 9.17) is 9.47 Å². The van der Waals surface area contributed by atoms with E-state index in [1.54, 1.807) is 20.3 Å². The van der Waals surface area contributed by atoms with E-state index in [1.807, 2.05) is 18.2 Å². The molecule has 0 radical (unpaired) electrons. The molecule has 3 heterocycles. The van der Waals surface area contributed by atoms with Crippen LogP contribution in [-0.4, -0.2) is 51.7 Å². The SMILES string of the molecule is COc1ccc(CN2[C@H]3CC[C@H]2CC(O)(Cn2nc(C4CC4)ccc2=O)C3)c(OC)c1. The Labute approximate surface area is 182 Å². The van der Waals surface area contributed by atoms with Crippen LogP contribution in [0.25, 0.3) is 0 Å². The van der Waals surface area contributed by atoms with E-state index in [0.717, 1.165) is 55.0 Å². The third-order valence-electron chi connectivity index (χ3n) is 7.18. The van der Waals surface area contributed by atoms with E-state index >= 15 is 0 Å². The topological polar surface area (TPSA) is 76.8 Å². The summed E-state index contributed by atoms with van der Waals surface area (Å²) < 4.78 is 12.4. The zero-order chi connectivity index (χ0) is 21.6. The van der Waals surface area contributed by atoms with Crippen LogP contribution in [0, 0.1) is 0 Å². The van der Waals surface area contributed by atoms with Crippen molar-refractivity contribution in [2.75, 3.05) is 14.2 Å². The molecule has 0 spiro atoms. The number of hydrogen-bond acceptors (Lipinski definition) is 6. The highest BCUT2D eigenvalue weighted by Gasteiger charge is 2.48. The Morgan fingerprint density at radius 2 is 1.81 bits per heavy atom. The predicted octanol–water partition coefficient (Wildman–Crippen LogP) is 2.70. The van der Waals surface area contributed by atoms with Gasteiger partial charge in [-0.25, -0.2) is 4.68 Å². The van der Waals surface area contributed by atoms with Gasteiger partial charge in [0.15, 0.2) is 0 Å². The summed E-state index contributed by atoms with van der Waals surface area (Å²) in [4.78, 5) is 14.9. The Bertz CT molecular complexity index is 1000. The van der Waals surface area contributed by atoms with Crippen LogP contribution in [0.15, 0.2) is 35.1 Å². The van der Waals surface area contributed by atoms with Gasteiger partial charge in [-0.15, -0.1) is 0 Å². The standard InChI is InChI=1S/C24H31N3O4/c1-30-20-8-5-17(22(11-20)31-2)14-26-18-6-7-19(26)13-24(29,12-18)15-27-23(28)10-9-21(25-27)16-3-4-16/h5,8-11,16,18-19,29H,3-4,6-7,12-15H2,1-2H3/t18-,19-/m0/s1. The van der Waals surface area contributed by atoms with Crippen molar-refractivity contribution >= 4 is 0 Å². The van der Waals surface area contributed by atoms with Crippen LogP contribution in [0.2, 0.25) is 0 Å². The van der Waals surface area contributed by atoms with E-state index < -0.39 is 5.60 Å². The third-order valence-corrected chi connectivity index (χ3v) is 7.18. The molecule has 2 atom stereocenters. The average Bonchev–Trinajstić information content (AvgIpc) is 3.57. The molecule has 1 N–H and O–H groups in total. The molecular formula is C24H31N3O4. The number of hydrogen-bond donors (Lipinski definition) is 1. The quantitative estimate of drug-likeness (QED) is 0.735. The molecule has 7 nitrogen and oxygen atoms in total. The molecule has 1 saturated carbocycles. The van der Waals surface area contributed by atoms with Crippen molar-refractivity contribution in [3.05, 3.63) is 51.9 Å². The fraction of sp³-hybridized carbons (Fsp3) is 0.583. The summed E-state index contributed by atoms with van der Waals surface area (Å²) in [6.07, 6.45) is 5.73. The molecule has 0 unspecified atom stereocenters. The van der Waals surface area contributed by atoms with Crippen molar-refractivity contribution in [2.45, 2.75) is 75.2 Å². The number of aliphatic hydroxyl groups is 1. The van der Waals surface area contributed by atoms with E-state index in [1.165, 1.54) is 4.68 Å². The van der Waals surface area contributed by atoms with Crippen molar-refractivity contribution in [1.29, 1.82) is 0 Å². The molecule has 2 aromatic rings. The van der Waals surface area contributed by atoms with E-state index in [0.29, 0.717) is 18.8 Å². The molecular weight excluding hydrogens is 394 g/mol. The van der Waals surface area contributed by atoms with Crippen molar-refractivity contribution in [3.63, 3.8) is 0 Å². The highest BCUT2D eigenvalue weighted by Crippen LogP contribution is 2.43. The number of nitrogens with zero attached hydrogens (tertiary/aromatic N) is 3. The second kappa shape index (κ2) is 7.95. The maximum atomic E-state index is 12.4. The lowest BCUT2D eigenvalue weighted by atomic mass is 9.85. The van der Waals surface area contributed by atoms with Crippen molar-refractivity contribution in [3.8, 4) is 11.5 Å². The smallest absolute Gasteiger partial charge is 0.266 e. The van der Waals surface area contributed by atoms with Gasteiger partial charge in [0.2, 0.25) is 0 Å². The highest BCUT2D eigenvalue weighted by atomic mass is 16.5. The number of piperidine rings is 1. The van der Waals surface area contributed by atoms with Crippen molar-refractivity contribution < 1.29 is 14.6 Å². The second-order valence-electron chi connectivity index (χ2n) is 9.40. The Hall–Kier alpha value is -2.38. The number of fused-ring (bicyclic) bond motifs is 2. The minimum Gasteiger partial charge on any atom is -0.497 e. The molecule has 7 heteroatoms. The molecule has 166 valence electrons. The molecule has 2 saturated heterocycles. The number of aromatic nitrogens is 2. The van der Waals surface area contributed by atoms with E-state index in [-0.39, 0.29) is 24.2 Å². The summed E-state index contributed by atoms with van der Waals surface area (Å²) in [6, 6.07) is 9.97. The van der Waals surface area contributed by atoms with Gasteiger partial charge < -0.3 is 14.6 Å². The van der Waals surface area contributed by atoms with Crippen LogP contribution in [0.1, 0.15) is 55.7 Å². The minimum atomic E-state index is -0.897. The Balaban J connectivity index is 1.32. The predicted molar refractivity (Wildman–Crippen MR) is 117 cm³/mol. The largest absolute Gasteiger partial charge is 0.497 e. The fourth-order valence-corrected chi connectivity index (χ4v) is 5.43. The van der Waals surface area contributed by atoms with Gasteiger partial charge in [0.25, 0.3) is 5.56 Å². The maximum absolute atomic E-state index is 12.4. The molecule has 31 heavy (non-hydrogen) atoms. The molecule has 0 amide bonds. The zero-order valence-electron chi connectivity index (χ0n) is 18.3. The monoisotopic (exact) mass is 425 g/mol. The van der Waals surface area contributed by atoms with Crippen LogP contribution < -0.4 is 15.0 Å². The van der Waals surface area contributed by atoms with Gasteiger partial charge in [0.05, 0.1) is 32.1 Å². The normalized spacial score (nSPS) is 28.0. The second-order valence-corrected chi connectivity index (χ2v) is 9.40. The third kappa shape index (κ3) is 4.08. The summed E-state index contributed by atoms with van der Waals surface area (Å²) in [6.45, 7) is 1.06. The van der Waals surface area contributed by atoms with Crippen LogP contribution in [0.4, 0.5) is 0 Å². The van der Waals surface area contributed by atoms with Crippen LogP contribution >= 0.6 is 0 Å². The van der Waals surface area contributed by atoms with Gasteiger partial charge in [-0.3, -0.25) is 9.69 Å². The zero-order valence-corrected chi connectivity index (χ0v) is 18.3. The fourth-order valence-electron chi connectivity index (χ4n) is 5.43. The van der Waals surface area contributed by atoms with Crippen LogP contribution in [0.5, 0.6) is 11.5 Å². The van der Waals surface area contributed by atoms with Crippen molar-refractivity contribution in [1.82, 2.24) is 14.7 Å². The van der Waals surface area contributed by atoms with E-state index in [9.17, 15) is 9.90 Å².